The molecule has 0 bridgehead atoms. The first-order valence-corrected chi connectivity index (χ1v) is 25.0. The molecule has 19 heteroatoms. The molecule has 76 heavy (non-hydrogen) atoms. The highest BCUT2D eigenvalue weighted by atomic mass is 35.5. The van der Waals surface area contributed by atoms with Gasteiger partial charge >= 0.3 is 11.9 Å². The molecule has 4 heterocycles. The third-order valence-electron chi connectivity index (χ3n) is 13.1. The van der Waals surface area contributed by atoms with Crippen molar-refractivity contribution < 1.29 is 38.1 Å². The van der Waals surface area contributed by atoms with Crippen molar-refractivity contribution in [2.75, 3.05) is 27.3 Å². The Hall–Kier alpha value is -7.54. The third-order valence-corrected chi connectivity index (χ3v) is 13.2. The van der Waals surface area contributed by atoms with Gasteiger partial charge in [-0.1, -0.05) is 128 Å². The van der Waals surface area contributed by atoms with Crippen molar-refractivity contribution in [2.24, 2.45) is 22.3 Å². The van der Waals surface area contributed by atoms with Crippen molar-refractivity contribution >= 4 is 87.7 Å². The van der Waals surface area contributed by atoms with E-state index < -0.39 is 59.1 Å². The van der Waals surface area contributed by atoms with Crippen LogP contribution in [0.1, 0.15) is 65.5 Å². The number of benzene rings is 4. The van der Waals surface area contributed by atoms with Gasteiger partial charge in [-0.2, -0.15) is 0 Å². The molecule has 2 amide bonds. The molecular weight excluding hydrogens is 1010 g/mol. The molecule has 0 aliphatic carbocycles. The predicted octanol–water partition coefficient (Wildman–Crippen LogP) is 7.97. The predicted molar refractivity (Wildman–Crippen MR) is 301 cm³/mol. The number of methoxy groups -OCH3 is 2. The molecule has 2 fully saturated rings. The van der Waals surface area contributed by atoms with Gasteiger partial charge in [0.2, 0.25) is 23.6 Å². The van der Waals surface area contributed by atoms with Crippen molar-refractivity contribution in [1.82, 2.24) is 35.1 Å². The molecular formula is C57H66ClN9O8S. The van der Waals surface area contributed by atoms with Crippen molar-refractivity contribution in [3.05, 3.63) is 121 Å². The van der Waals surface area contributed by atoms with E-state index in [0.717, 1.165) is 33.3 Å². The average Bonchev–Trinajstić information content (AvgIpc) is 4.03. The number of aromatic nitrogens is 4. The van der Waals surface area contributed by atoms with Gasteiger partial charge in [0, 0.05) is 24.0 Å². The van der Waals surface area contributed by atoms with E-state index in [0.29, 0.717) is 34.2 Å². The standard InChI is InChI=1S/C29H33N5O4S.C28H32N4O4.ClH/c1-6-17-10-9-11-18(14-17)23-25(32-21-13-8-7-12-20(21)31-23)38-19-15-22(27(36)37-5)34(16-19)26(35)24(29(2,3)4)33-28(30)39;1-6-17-10-9-11-18(14-17)23-25(31-21-13-8-7-12-20(21)30-23)36-19-15-22(27(34)35-5)32(16-19)26(33)24(29)28(2,3)4;/h6-14,19,22,24H,1,15-16H2,2-5H3,(H3,30,33,39);6-14,19,22,24H,1,15-16,29H2,2-5H3;1H/t2*19-,22+,24-;/m11./s1. The van der Waals surface area contributed by atoms with Gasteiger partial charge in [0.15, 0.2) is 5.11 Å². The number of hydrogen-bond donors (Lipinski definition) is 3. The first-order chi connectivity index (χ1) is 35.6. The van der Waals surface area contributed by atoms with Crippen LogP contribution in [0, 0.1) is 10.8 Å². The first-order valence-electron chi connectivity index (χ1n) is 24.5. The van der Waals surface area contributed by atoms with Crippen molar-refractivity contribution in [3.63, 3.8) is 0 Å². The number of ether oxygens (including phenoxy) is 4. The fourth-order valence-electron chi connectivity index (χ4n) is 8.93. The lowest BCUT2D eigenvalue weighted by Crippen LogP contribution is -2.57. The molecule has 2 aliphatic heterocycles. The molecule has 5 N–H and O–H groups in total. The van der Waals surface area contributed by atoms with E-state index in [1.807, 2.05) is 139 Å². The van der Waals surface area contributed by atoms with E-state index in [1.54, 1.807) is 12.2 Å². The molecule has 8 rings (SSSR count). The summed E-state index contributed by atoms with van der Waals surface area (Å²) in [6.07, 6.45) is 2.96. The number of fused-ring (bicyclic) bond motifs is 2. The van der Waals surface area contributed by atoms with Gasteiger partial charge in [0.05, 0.1) is 55.4 Å². The minimum absolute atomic E-state index is 0. The van der Waals surface area contributed by atoms with Gasteiger partial charge in [-0.05, 0) is 70.6 Å². The maximum Gasteiger partial charge on any atom is 0.328 e. The summed E-state index contributed by atoms with van der Waals surface area (Å²) in [6.45, 7) is 19.4. The molecule has 0 spiro atoms. The van der Waals surface area contributed by atoms with E-state index in [1.165, 1.54) is 24.0 Å². The van der Waals surface area contributed by atoms with E-state index in [-0.39, 0.29) is 55.3 Å². The van der Waals surface area contributed by atoms with Crippen LogP contribution >= 0.6 is 24.6 Å². The summed E-state index contributed by atoms with van der Waals surface area (Å²) in [4.78, 5) is 74.5. The Labute approximate surface area is 454 Å². The van der Waals surface area contributed by atoms with Gasteiger partial charge < -0.3 is 45.5 Å². The number of nitrogens with zero attached hydrogens (tertiary/aromatic N) is 6. The normalized spacial score (nSPS) is 18.0. The number of amides is 2. The molecule has 4 aromatic carbocycles. The number of likely N-dealkylation sites (tertiary alicyclic amines) is 2. The van der Waals surface area contributed by atoms with E-state index in [2.05, 4.69) is 18.5 Å². The third kappa shape index (κ3) is 13.3. The van der Waals surface area contributed by atoms with Gasteiger partial charge in [-0.25, -0.2) is 29.5 Å². The molecule has 2 aliphatic rings. The molecule has 0 unspecified atom stereocenters. The summed E-state index contributed by atoms with van der Waals surface area (Å²) in [5.74, 6) is -1.02. The zero-order valence-corrected chi connectivity index (χ0v) is 45.7. The topological polar surface area (TPSA) is 227 Å². The highest BCUT2D eigenvalue weighted by Crippen LogP contribution is 2.36. The largest absolute Gasteiger partial charge is 0.471 e. The Bertz CT molecular complexity index is 3140. The average molecular weight is 1070 g/mol. The highest BCUT2D eigenvalue weighted by molar-refractivity contribution is 7.80. The van der Waals surface area contributed by atoms with E-state index in [9.17, 15) is 19.2 Å². The van der Waals surface area contributed by atoms with E-state index >= 15 is 0 Å². The van der Waals surface area contributed by atoms with Crippen LogP contribution in [-0.4, -0.2) is 122 Å². The molecule has 400 valence electrons. The quantitative estimate of drug-likeness (QED) is 0.0736. The number of thiocarbonyl (C=S) groups is 1. The fraction of sp³-hybridized carbons (Fsp3) is 0.351. The number of esters is 2. The summed E-state index contributed by atoms with van der Waals surface area (Å²) >= 11 is 5.02. The Morgan fingerprint density at radius 1 is 0.645 bits per heavy atom. The van der Waals surface area contributed by atoms with Crippen LogP contribution in [0.5, 0.6) is 11.8 Å². The molecule has 2 saturated heterocycles. The Morgan fingerprint density at radius 3 is 1.39 bits per heavy atom. The Morgan fingerprint density at radius 2 is 1.04 bits per heavy atom. The smallest absolute Gasteiger partial charge is 0.328 e. The summed E-state index contributed by atoms with van der Waals surface area (Å²) in [5, 5.41) is 2.90. The second kappa shape index (κ2) is 24.4. The van der Waals surface area contributed by atoms with Crippen LogP contribution in [0.3, 0.4) is 0 Å². The SMILES string of the molecule is C=Cc1cccc(-c2nc3ccccc3nc2O[C@@H]2C[C@@H](C(=O)OC)N(C(=O)[C@@H](N)C(C)(C)C)C2)c1.C=Cc1cccc(-c2nc3ccccc3nc2O[C@@H]2C[C@@H](C(=O)OC)N(C(=O)[C@@H](NC(N)=S)C(C)(C)C)C2)c1.Cl. The molecule has 0 saturated carbocycles. The summed E-state index contributed by atoms with van der Waals surface area (Å²) < 4.78 is 22.8. The van der Waals surface area contributed by atoms with Gasteiger partial charge in [-0.15, -0.1) is 12.4 Å². The Kier molecular flexibility index (Phi) is 18.6. The van der Waals surface area contributed by atoms with Crippen LogP contribution in [-0.2, 0) is 28.7 Å². The minimum atomic E-state index is -0.841. The first kappa shape index (κ1) is 57.7. The lowest BCUT2D eigenvalue weighted by Gasteiger charge is -2.35. The molecule has 6 atom stereocenters. The lowest BCUT2D eigenvalue weighted by atomic mass is 9.85. The molecule has 6 aromatic rings. The van der Waals surface area contributed by atoms with E-state index in [4.69, 9.17) is 62.6 Å². The highest BCUT2D eigenvalue weighted by Gasteiger charge is 2.47. The van der Waals surface area contributed by atoms with Crippen molar-refractivity contribution in [2.45, 2.75) is 90.8 Å². The number of para-hydroxylation sites is 4. The zero-order chi connectivity index (χ0) is 54.4. The molecule has 17 nitrogen and oxygen atoms in total. The summed E-state index contributed by atoms with van der Waals surface area (Å²) in [7, 11) is 2.61. The maximum atomic E-state index is 13.7. The number of halogens is 1. The number of hydrogen-bond acceptors (Lipinski definition) is 14. The second-order valence-corrected chi connectivity index (χ2v) is 21.0. The molecule has 2 aromatic heterocycles. The fourth-order valence-corrected chi connectivity index (χ4v) is 9.05. The number of nitrogens with two attached hydrogens (primary N) is 2. The van der Waals surface area contributed by atoms with Crippen LogP contribution in [0.15, 0.2) is 110 Å². The number of carbonyl (C=O) groups is 4. The number of nitrogens with one attached hydrogen (secondary N) is 1. The second-order valence-electron chi connectivity index (χ2n) is 20.6. The minimum Gasteiger partial charge on any atom is -0.471 e. The van der Waals surface area contributed by atoms with Crippen LogP contribution in [0.4, 0.5) is 0 Å². The van der Waals surface area contributed by atoms with Crippen LogP contribution < -0.4 is 26.3 Å². The van der Waals surface area contributed by atoms with Crippen LogP contribution in [0.2, 0.25) is 0 Å². The van der Waals surface area contributed by atoms with Gasteiger partial charge in [0.25, 0.3) is 0 Å². The Balaban J connectivity index is 0.000000244. The zero-order valence-electron chi connectivity index (χ0n) is 44.0. The van der Waals surface area contributed by atoms with Crippen molar-refractivity contribution in [1.29, 1.82) is 0 Å². The number of rotatable bonds is 13. The number of carbonyl (C=O) groups excluding carboxylic acids is 4. The van der Waals surface area contributed by atoms with Crippen molar-refractivity contribution in [3.8, 4) is 34.3 Å². The van der Waals surface area contributed by atoms with Crippen LogP contribution in [0.25, 0.3) is 56.7 Å². The summed E-state index contributed by atoms with van der Waals surface area (Å²) in [6, 6.07) is 27.4. The summed E-state index contributed by atoms with van der Waals surface area (Å²) in [5.41, 5.74) is 18.4. The van der Waals surface area contributed by atoms with Gasteiger partial charge in [0.1, 0.15) is 41.7 Å². The molecule has 0 radical (unpaired) electrons. The maximum absolute atomic E-state index is 13.7. The monoisotopic (exact) mass is 1070 g/mol. The lowest BCUT2D eigenvalue weighted by molar-refractivity contribution is -0.152. The van der Waals surface area contributed by atoms with Gasteiger partial charge in [-0.3, -0.25) is 9.59 Å².